The van der Waals surface area contributed by atoms with Crippen molar-refractivity contribution in [3.8, 4) is 5.75 Å². The Hall–Kier alpha value is -1.47. The fourth-order valence-electron chi connectivity index (χ4n) is 3.17. The van der Waals surface area contributed by atoms with Gasteiger partial charge >= 0.3 is 11.6 Å². The summed E-state index contributed by atoms with van der Waals surface area (Å²) in [5.41, 5.74) is -0.349. The second-order valence-corrected chi connectivity index (χ2v) is 6.52. The normalized spacial score (nSPS) is 20.1. The second kappa shape index (κ2) is 8.76. The number of alkyl halides is 3. The SMILES string of the molecule is COc1cccc(CC2CCCN(CC(OC(=O)Cl)C(F)(F)F)C2)c1. The van der Waals surface area contributed by atoms with Gasteiger partial charge in [-0.05, 0) is 49.4 Å². The lowest BCUT2D eigenvalue weighted by Crippen LogP contribution is -2.47. The van der Waals surface area contributed by atoms with Gasteiger partial charge in [0.15, 0.2) is 0 Å². The van der Waals surface area contributed by atoms with Crippen LogP contribution in [0.2, 0.25) is 0 Å². The van der Waals surface area contributed by atoms with E-state index in [9.17, 15) is 18.0 Å². The molecule has 0 spiro atoms. The Balaban J connectivity index is 1.96. The summed E-state index contributed by atoms with van der Waals surface area (Å²) in [6.07, 6.45) is -4.33. The fourth-order valence-corrected chi connectivity index (χ4v) is 3.28. The van der Waals surface area contributed by atoms with Crippen molar-refractivity contribution < 1.29 is 27.4 Å². The van der Waals surface area contributed by atoms with Crippen LogP contribution in [-0.4, -0.2) is 49.4 Å². The molecule has 140 valence electrons. The average molecular weight is 380 g/mol. The Bertz CT molecular complexity index is 583. The molecule has 0 N–H and O–H groups in total. The molecule has 2 rings (SSSR count). The first-order valence-electron chi connectivity index (χ1n) is 8.06. The van der Waals surface area contributed by atoms with Crippen LogP contribution < -0.4 is 4.74 Å². The van der Waals surface area contributed by atoms with E-state index in [-0.39, 0.29) is 5.92 Å². The van der Waals surface area contributed by atoms with Crippen molar-refractivity contribution in [2.24, 2.45) is 5.92 Å². The quantitative estimate of drug-likeness (QED) is 0.692. The van der Waals surface area contributed by atoms with E-state index >= 15 is 0 Å². The van der Waals surface area contributed by atoms with Gasteiger partial charge in [-0.1, -0.05) is 12.1 Å². The first-order chi connectivity index (χ1) is 11.8. The zero-order valence-corrected chi connectivity index (χ0v) is 14.6. The van der Waals surface area contributed by atoms with Gasteiger partial charge in [-0.2, -0.15) is 13.2 Å². The zero-order valence-electron chi connectivity index (χ0n) is 13.9. The predicted molar refractivity (Wildman–Crippen MR) is 88.0 cm³/mol. The molecule has 0 amide bonds. The van der Waals surface area contributed by atoms with Crippen LogP contribution >= 0.6 is 11.6 Å². The number of benzene rings is 1. The van der Waals surface area contributed by atoms with Crippen LogP contribution in [0.1, 0.15) is 18.4 Å². The lowest BCUT2D eigenvalue weighted by Gasteiger charge is -2.35. The van der Waals surface area contributed by atoms with Gasteiger partial charge in [-0.25, -0.2) is 4.79 Å². The van der Waals surface area contributed by atoms with Crippen LogP contribution in [0.15, 0.2) is 24.3 Å². The number of carbonyl (C=O) groups is 1. The number of hydrogen-bond acceptors (Lipinski definition) is 4. The topological polar surface area (TPSA) is 38.8 Å². The van der Waals surface area contributed by atoms with Gasteiger partial charge in [0.1, 0.15) is 5.75 Å². The highest BCUT2D eigenvalue weighted by Gasteiger charge is 2.44. The average Bonchev–Trinajstić information content (AvgIpc) is 2.53. The molecule has 2 unspecified atom stereocenters. The third-order valence-electron chi connectivity index (χ3n) is 4.29. The van der Waals surface area contributed by atoms with Crippen LogP contribution in [0.5, 0.6) is 5.75 Å². The highest BCUT2D eigenvalue weighted by atomic mass is 35.5. The number of piperidine rings is 1. The van der Waals surface area contributed by atoms with Crippen molar-refractivity contribution in [2.75, 3.05) is 26.7 Å². The van der Waals surface area contributed by atoms with Gasteiger partial charge in [-0.15, -0.1) is 0 Å². The maximum absolute atomic E-state index is 13.0. The van der Waals surface area contributed by atoms with Gasteiger partial charge in [-0.3, -0.25) is 4.90 Å². The maximum atomic E-state index is 13.0. The Morgan fingerprint density at radius 1 is 1.44 bits per heavy atom. The van der Waals surface area contributed by atoms with E-state index in [0.29, 0.717) is 13.1 Å². The van der Waals surface area contributed by atoms with E-state index in [2.05, 4.69) is 4.74 Å². The van der Waals surface area contributed by atoms with Gasteiger partial charge in [0.25, 0.3) is 0 Å². The summed E-state index contributed by atoms with van der Waals surface area (Å²) in [5.74, 6) is 0.998. The molecule has 0 saturated carbocycles. The van der Waals surface area contributed by atoms with E-state index in [1.165, 1.54) is 0 Å². The molecule has 2 atom stereocenters. The first-order valence-corrected chi connectivity index (χ1v) is 8.44. The molecule has 1 heterocycles. The molecular weight excluding hydrogens is 359 g/mol. The molecule has 4 nitrogen and oxygen atoms in total. The van der Waals surface area contributed by atoms with Crippen molar-refractivity contribution in [3.63, 3.8) is 0 Å². The monoisotopic (exact) mass is 379 g/mol. The first kappa shape index (κ1) is 19.8. The molecule has 0 aliphatic carbocycles. The molecule has 1 aliphatic rings. The number of nitrogens with zero attached hydrogens (tertiary/aromatic N) is 1. The lowest BCUT2D eigenvalue weighted by molar-refractivity contribution is -0.206. The van der Waals surface area contributed by atoms with Crippen molar-refractivity contribution in [2.45, 2.75) is 31.5 Å². The van der Waals surface area contributed by atoms with Crippen LogP contribution in [0.4, 0.5) is 18.0 Å². The zero-order chi connectivity index (χ0) is 18.4. The van der Waals surface area contributed by atoms with Gasteiger partial charge in [0.05, 0.1) is 7.11 Å². The van der Waals surface area contributed by atoms with Crippen LogP contribution in [0.25, 0.3) is 0 Å². The number of rotatable bonds is 6. The number of carbonyl (C=O) groups excluding carboxylic acids is 1. The van der Waals surface area contributed by atoms with E-state index in [0.717, 1.165) is 30.6 Å². The molecule has 1 fully saturated rings. The molecule has 8 heteroatoms. The van der Waals surface area contributed by atoms with E-state index < -0.39 is 24.3 Å². The Morgan fingerprint density at radius 2 is 2.20 bits per heavy atom. The van der Waals surface area contributed by atoms with Crippen LogP contribution in [-0.2, 0) is 11.2 Å². The maximum Gasteiger partial charge on any atom is 0.426 e. The number of likely N-dealkylation sites (tertiary alicyclic amines) is 1. The van der Waals surface area contributed by atoms with Crippen molar-refractivity contribution in [1.29, 1.82) is 0 Å². The van der Waals surface area contributed by atoms with Crippen molar-refractivity contribution >= 4 is 17.0 Å². The van der Waals surface area contributed by atoms with Gasteiger partial charge in [0, 0.05) is 24.7 Å². The summed E-state index contributed by atoms with van der Waals surface area (Å²) in [5, 5.41) is 0. The van der Waals surface area contributed by atoms with E-state index in [4.69, 9.17) is 16.3 Å². The molecule has 1 aliphatic heterocycles. The molecular formula is C17H21ClF3NO3. The largest absolute Gasteiger partial charge is 0.497 e. The summed E-state index contributed by atoms with van der Waals surface area (Å²) >= 11 is 4.97. The number of hydrogen-bond donors (Lipinski definition) is 0. The highest BCUT2D eigenvalue weighted by Crippen LogP contribution is 2.28. The minimum atomic E-state index is -4.63. The molecule has 0 aromatic heterocycles. The minimum absolute atomic E-state index is 0.237. The third-order valence-corrected chi connectivity index (χ3v) is 4.37. The summed E-state index contributed by atoms with van der Waals surface area (Å²) in [7, 11) is 1.59. The smallest absolute Gasteiger partial charge is 0.426 e. The van der Waals surface area contributed by atoms with Gasteiger partial charge < -0.3 is 9.47 Å². The van der Waals surface area contributed by atoms with E-state index in [1.54, 1.807) is 12.0 Å². The Kier molecular flexibility index (Phi) is 6.95. The molecule has 0 bridgehead atoms. The number of halogens is 4. The third kappa shape index (κ3) is 6.40. The standard InChI is InChI=1S/C17H21ClF3NO3/c1-24-14-6-2-4-12(9-14)8-13-5-3-7-22(10-13)11-15(17(19,20)21)25-16(18)23/h2,4,6,9,13,15H,3,5,7-8,10-11H2,1H3. The van der Waals surface area contributed by atoms with Crippen LogP contribution in [0, 0.1) is 5.92 Å². The summed E-state index contributed by atoms with van der Waals surface area (Å²) < 4.78 is 48.4. The van der Waals surface area contributed by atoms with E-state index in [1.807, 2.05) is 24.3 Å². The van der Waals surface area contributed by atoms with Gasteiger partial charge in [0.2, 0.25) is 6.10 Å². The Morgan fingerprint density at radius 3 is 2.84 bits per heavy atom. The minimum Gasteiger partial charge on any atom is -0.497 e. The highest BCUT2D eigenvalue weighted by molar-refractivity contribution is 6.61. The van der Waals surface area contributed by atoms with Crippen molar-refractivity contribution in [1.82, 2.24) is 4.90 Å². The molecule has 25 heavy (non-hydrogen) atoms. The lowest BCUT2D eigenvalue weighted by atomic mass is 9.91. The Labute approximate surface area is 149 Å². The molecule has 1 aromatic rings. The molecule has 1 saturated heterocycles. The number of ether oxygens (including phenoxy) is 2. The predicted octanol–water partition coefficient (Wildman–Crippen LogP) is 4.26. The summed E-state index contributed by atoms with van der Waals surface area (Å²) in [6.45, 7) is 0.668. The van der Waals surface area contributed by atoms with Crippen molar-refractivity contribution in [3.05, 3.63) is 29.8 Å². The molecule has 0 radical (unpaired) electrons. The summed E-state index contributed by atoms with van der Waals surface area (Å²) in [6, 6.07) is 7.67. The summed E-state index contributed by atoms with van der Waals surface area (Å²) in [4.78, 5) is 12.4. The number of methoxy groups -OCH3 is 1. The second-order valence-electron chi connectivity index (χ2n) is 6.21. The fraction of sp³-hybridized carbons (Fsp3) is 0.588. The van der Waals surface area contributed by atoms with Crippen LogP contribution in [0.3, 0.4) is 0 Å². The molecule has 1 aromatic carbocycles.